The highest BCUT2D eigenvalue weighted by Gasteiger charge is 2.24. The predicted molar refractivity (Wildman–Crippen MR) is 108 cm³/mol. The highest BCUT2D eigenvalue weighted by Crippen LogP contribution is 2.39. The standard InChI is InChI=1S/C20H22N4OS/c21-17-16-15(6-9-23-20(16)26-18(17)19(22)25)24-10-7-14(8-11-24)12-13-4-2-1-3-5-13/h1-6,9,14H,7-8,10-12,21H2,(H2,22,25). The minimum atomic E-state index is -0.488. The number of nitrogens with two attached hydrogens (primary N) is 2. The zero-order valence-corrected chi connectivity index (χ0v) is 15.3. The molecule has 1 saturated heterocycles. The van der Waals surface area contributed by atoms with Gasteiger partial charge in [0.2, 0.25) is 0 Å². The molecular formula is C20H22N4OS. The minimum Gasteiger partial charge on any atom is -0.397 e. The molecule has 0 bridgehead atoms. The lowest BCUT2D eigenvalue weighted by Gasteiger charge is -2.34. The second-order valence-electron chi connectivity index (χ2n) is 6.84. The third-order valence-corrected chi connectivity index (χ3v) is 6.28. The average molecular weight is 366 g/mol. The van der Waals surface area contributed by atoms with Gasteiger partial charge in [0.15, 0.2) is 0 Å². The number of amides is 1. The highest BCUT2D eigenvalue weighted by atomic mass is 32.1. The fourth-order valence-corrected chi connectivity index (χ4v) is 4.74. The van der Waals surface area contributed by atoms with Gasteiger partial charge in [-0.1, -0.05) is 30.3 Å². The third kappa shape index (κ3) is 3.12. The second kappa shape index (κ2) is 6.96. The van der Waals surface area contributed by atoms with Gasteiger partial charge in [0.1, 0.15) is 9.71 Å². The van der Waals surface area contributed by atoms with Crippen LogP contribution in [0.2, 0.25) is 0 Å². The van der Waals surface area contributed by atoms with Crippen LogP contribution in [0.5, 0.6) is 0 Å². The predicted octanol–water partition coefficient (Wildman–Crippen LogP) is 3.44. The molecule has 26 heavy (non-hydrogen) atoms. The van der Waals surface area contributed by atoms with Gasteiger partial charge in [0.25, 0.3) is 5.91 Å². The van der Waals surface area contributed by atoms with Crippen LogP contribution in [0.1, 0.15) is 28.1 Å². The number of primary amides is 1. The molecule has 5 nitrogen and oxygen atoms in total. The molecule has 0 saturated carbocycles. The largest absolute Gasteiger partial charge is 0.397 e. The van der Waals surface area contributed by atoms with Crippen LogP contribution in [0.15, 0.2) is 42.6 Å². The first-order valence-corrected chi connectivity index (χ1v) is 9.71. The number of hydrogen-bond donors (Lipinski definition) is 2. The molecule has 0 radical (unpaired) electrons. The van der Waals surface area contributed by atoms with Crippen LogP contribution in [0.4, 0.5) is 11.4 Å². The Morgan fingerprint density at radius 3 is 2.62 bits per heavy atom. The van der Waals surface area contributed by atoms with E-state index >= 15 is 0 Å². The van der Waals surface area contributed by atoms with Gasteiger partial charge in [-0.15, -0.1) is 11.3 Å². The molecule has 4 N–H and O–H groups in total. The summed E-state index contributed by atoms with van der Waals surface area (Å²) >= 11 is 1.28. The lowest BCUT2D eigenvalue weighted by molar-refractivity contribution is 0.100. The first-order valence-electron chi connectivity index (χ1n) is 8.89. The normalized spacial score (nSPS) is 15.5. The Hall–Kier alpha value is -2.60. The summed E-state index contributed by atoms with van der Waals surface area (Å²) in [6, 6.07) is 12.7. The van der Waals surface area contributed by atoms with Crippen LogP contribution in [0, 0.1) is 5.92 Å². The molecule has 134 valence electrons. The summed E-state index contributed by atoms with van der Waals surface area (Å²) in [7, 11) is 0. The van der Waals surface area contributed by atoms with E-state index in [0.717, 1.165) is 48.3 Å². The van der Waals surface area contributed by atoms with Gasteiger partial charge >= 0.3 is 0 Å². The monoisotopic (exact) mass is 366 g/mol. The lowest BCUT2D eigenvalue weighted by Crippen LogP contribution is -2.34. The van der Waals surface area contributed by atoms with Crippen LogP contribution in [-0.2, 0) is 6.42 Å². The van der Waals surface area contributed by atoms with Crippen LogP contribution >= 0.6 is 11.3 Å². The Morgan fingerprint density at radius 2 is 1.92 bits per heavy atom. The van der Waals surface area contributed by atoms with Gasteiger partial charge in [-0.05, 0) is 36.8 Å². The Bertz CT molecular complexity index is 930. The number of thiophene rings is 1. The van der Waals surface area contributed by atoms with Gasteiger partial charge in [-0.2, -0.15) is 0 Å². The number of nitrogens with zero attached hydrogens (tertiary/aromatic N) is 2. The van der Waals surface area contributed by atoms with Crippen molar-refractivity contribution in [3.8, 4) is 0 Å². The number of hydrogen-bond acceptors (Lipinski definition) is 5. The number of anilines is 2. The van der Waals surface area contributed by atoms with Crippen molar-refractivity contribution in [3.05, 3.63) is 53.0 Å². The zero-order valence-electron chi connectivity index (χ0n) is 14.5. The number of nitrogen functional groups attached to an aromatic ring is 1. The van der Waals surface area contributed by atoms with Crippen molar-refractivity contribution >= 4 is 38.8 Å². The summed E-state index contributed by atoms with van der Waals surface area (Å²) in [5.74, 6) is 0.213. The Labute approximate surface area is 156 Å². The van der Waals surface area contributed by atoms with E-state index < -0.39 is 5.91 Å². The summed E-state index contributed by atoms with van der Waals surface area (Å²) in [5, 5.41) is 0.868. The van der Waals surface area contributed by atoms with E-state index in [4.69, 9.17) is 11.5 Å². The number of rotatable bonds is 4. The van der Waals surface area contributed by atoms with E-state index in [1.165, 1.54) is 16.9 Å². The number of piperidine rings is 1. The number of benzene rings is 1. The van der Waals surface area contributed by atoms with Gasteiger partial charge in [-0.25, -0.2) is 4.98 Å². The van der Waals surface area contributed by atoms with Crippen molar-refractivity contribution in [1.29, 1.82) is 0 Å². The molecule has 0 unspecified atom stereocenters. The van der Waals surface area contributed by atoms with E-state index in [9.17, 15) is 4.79 Å². The summed E-state index contributed by atoms with van der Waals surface area (Å²) < 4.78 is 0. The van der Waals surface area contributed by atoms with Crippen molar-refractivity contribution < 1.29 is 4.79 Å². The fraction of sp³-hybridized carbons (Fsp3) is 0.300. The van der Waals surface area contributed by atoms with E-state index in [0.29, 0.717) is 16.5 Å². The molecule has 1 aliphatic rings. The Balaban J connectivity index is 1.53. The summed E-state index contributed by atoms with van der Waals surface area (Å²) in [4.78, 5) is 19.5. The van der Waals surface area contributed by atoms with Crippen molar-refractivity contribution in [2.45, 2.75) is 19.3 Å². The van der Waals surface area contributed by atoms with Crippen LogP contribution < -0.4 is 16.4 Å². The van der Waals surface area contributed by atoms with Crippen LogP contribution in [0.25, 0.3) is 10.2 Å². The number of aromatic nitrogens is 1. The molecule has 0 aliphatic carbocycles. The molecule has 6 heteroatoms. The Kier molecular flexibility index (Phi) is 4.51. The van der Waals surface area contributed by atoms with E-state index in [1.807, 2.05) is 6.07 Å². The summed E-state index contributed by atoms with van der Waals surface area (Å²) in [5.41, 5.74) is 14.6. The molecule has 1 aliphatic heterocycles. The molecule has 3 heterocycles. The molecule has 2 aromatic heterocycles. The minimum absolute atomic E-state index is 0.402. The number of pyridine rings is 1. The fourth-order valence-electron chi connectivity index (χ4n) is 3.80. The summed E-state index contributed by atoms with van der Waals surface area (Å²) in [6.07, 6.45) is 5.21. The first kappa shape index (κ1) is 16.8. The van der Waals surface area contributed by atoms with Gasteiger partial charge in [0.05, 0.1) is 16.8 Å². The van der Waals surface area contributed by atoms with E-state index in [2.05, 4.69) is 40.2 Å². The molecule has 1 fully saturated rings. The van der Waals surface area contributed by atoms with Crippen molar-refractivity contribution in [1.82, 2.24) is 4.98 Å². The molecular weight excluding hydrogens is 344 g/mol. The molecule has 0 spiro atoms. The molecule has 0 atom stereocenters. The molecule has 4 rings (SSSR count). The maximum Gasteiger partial charge on any atom is 0.260 e. The Morgan fingerprint density at radius 1 is 1.19 bits per heavy atom. The lowest BCUT2D eigenvalue weighted by atomic mass is 9.90. The number of carbonyl (C=O) groups is 1. The van der Waals surface area contributed by atoms with Gasteiger partial charge < -0.3 is 16.4 Å². The number of carbonyl (C=O) groups excluding carboxylic acids is 1. The second-order valence-corrected chi connectivity index (χ2v) is 7.84. The first-order chi connectivity index (χ1) is 12.6. The van der Waals surface area contributed by atoms with Gasteiger partial charge in [-0.3, -0.25) is 4.79 Å². The maximum absolute atomic E-state index is 11.6. The third-order valence-electron chi connectivity index (χ3n) is 5.15. The van der Waals surface area contributed by atoms with Crippen molar-refractivity contribution in [2.75, 3.05) is 23.7 Å². The SMILES string of the molecule is NC(=O)c1sc2nccc(N3CCC(Cc4ccccc4)CC3)c2c1N. The molecule has 1 aromatic carbocycles. The molecule has 1 amide bonds. The van der Waals surface area contributed by atoms with Crippen LogP contribution in [0.3, 0.4) is 0 Å². The van der Waals surface area contributed by atoms with Crippen molar-refractivity contribution in [2.24, 2.45) is 11.7 Å². The van der Waals surface area contributed by atoms with Crippen LogP contribution in [-0.4, -0.2) is 24.0 Å². The smallest absolute Gasteiger partial charge is 0.260 e. The summed E-state index contributed by atoms with van der Waals surface area (Å²) in [6.45, 7) is 1.97. The van der Waals surface area contributed by atoms with Crippen molar-refractivity contribution in [3.63, 3.8) is 0 Å². The topological polar surface area (TPSA) is 85.2 Å². The molecule has 3 aromatic rings. The quantitative estimate of drug-likeness (QED) is 0.741. The highest BCUT2D eigenvalue weighted by molar-refractivity contribution is 7.21. The zero-order chi connectivity index (χ0) is 18.1. The van der Waals surface area contributed by atoms with Gasteiger partial charge in [0, 0.05) is 19.3 Å². The van der Waals surface area contributed by atoms with E-state index in [-0.39, 0.29) is 0 Å². The van der Waals surface area contributed by atoms with E-state index in [1.54, 1.807) is 6.20 Å². The number of fused-ring (bicyclic) bond motifs is 1. The average Bonchev–Trinajstić information content (AvgIpc) is 3.01. The maximum atomic E-state index is 11.6.